The largest absolute Gasteiger partial charge is 0.292 e. The van der Waals surface area contributed by atoms with E-state index in [0.717, 1.165) is 75.6 Å². The molecule has 232 valence electrons. The van der Waals surface area contributed by atoms with E-state index < -0.39 is 0 Å². The maximum atomic E-state index is 9.76. The van der Waals surface area contributed by atoms with Crippen molar-refractivity contribution in [3.05, 3.63) is 136 Å². The lowest BCUT2D eigenvalue weighted by Gasteiger charge is -2.14. The van der Waals surface area contributed by atoms with Gasteiger partial charge >= 0.3 is 0 Å². The van der Waals surface area contributed by atoms with Crippen LogP contribution in [0.5, 0.6) is 0 Å². The summed E-state index contributed by atoms with van der Waals surface area (Å²) in [4.78, 5) is 20.3. The summed E-state index contributed by atoms with van der Waals surface area (Å²) < 4.78 is 2.35. The van der Waals surface area contributed by atoms with Crippen LogP contribution in [0, 0.1) is 11.3 Å². The molecular formula is C43H30N6. The number of rotatable bonds is 5. The zero-order valence-corrected chi connectivity index (χ0v) is 26.7. The predicted molar refractivity (Wildman–Crippen MR) is 195 cm³/mol. The lowest BCUT2D eigenvalue weighted by atomic mass is 9.94. The Balaban J connectivity index is 1.35. The summed E-state index contributed by atoms with van der Waals surface area (Å²) in [6.45, 7) is 0. The highest BCUT2D eigenvalue weighted by atomic mass is 15.0. The lowest BCUT2D eigenvalue weighted by molar-refractivity contribution is 0.994. The van der Waals surface area contributed by atoms with Crippen LogP contribution in [0.4, 0.5) is 0 Å². The molecule has 0 aliphatic heterocycles. The molecule has 0 amide bonds. The number of hydrogen-bond acceptors (Lipinski definition) is 5. The highest BCUT2D eigenvalue weighted by Gasteiger charge is 2.18. The van der Waals surface area contributed by atoms with Crippen molar-refractivity contribution in [1.82, 2.24) is 24.3 Å². The first kappa shape index (κ1) is 28.7. The van der Waals surface area contributed by atoms with Gasteiger partial charge in [0.25, 0.3) is 0 Å². The van der Waals surface area contributed by atoms with E-state index in [0.29, 0.717) is 23.0 Å². The van der Waals surface area contributed by atoms with Gasteiger partial charge < -0.3 is 0 Å². The highest BCUT2D eigenvalue weighted by molar-refractivity contribution is 5.86. The van der Waals surface area contributed by atoms with Gasteiger partial charge in [-0.25, -0.2) is 19.9 Å². The van der Waals surface area contributed by atoms with Crippen LogP contribution in [-0.4, -0.2) is 24.3 Å². The Morgan fingerprint density at radius 1 is 0.490 bits per heavy atom. The summed E-state index contributed by atoms with van der Waals surface area (Å²) in [5.41, 5.74) is 8.19. The average Bonchev–Trinajstić information content (AvgIpc) is 3.58. The van der Waals surface area contributed by atoms with Crippen LogP contribution in [0.25, 0.3) is 86.4 Å². The van der Waals surface area contributed by atoms with Crippen LogP contribution in [0.15, 0.2) is 109 Å². The first-order chi connectivity index (χ1) is 24.2. The maximum absolute atomic E-state index is 9.76. The van der Waals surface area contributed by atoms with Crippen LogP contribution in [0.2, 0.25) is 0 Å². The molecule has 3 aromatic heterocycles. The number of fused-ring (bicyclic) bond motifs is 5. The molecule has 0 N–H and O–H groups in total. The summed E-state index contributed by atoms with van der Waals surface area (Å²) in [6.07, 6.45) is 13.3. The minimum atomic E-state index is 0.574. The number of imidazole rings is 1. The quantitative estimate of drug-likeness (QED) is 0.219. The van der Waals surface area contributed by atoms with Gasteiger partial charge in [0.2, 0.25) is 0 Å². The molecule has 49 heavy (non-hydrogen) atoms. The van der Waals surface area contributed by atoms with Crippen LogP contribution >= 0.6 is 0 Å². The minimum Gasteiger partial charge on any atom is -0.292 e. The van der Waals surface area contributed by atoms with Crippen molar-refractivity contribution in [1.29, 1.82) is 5.26 Å². The normalized spacial score (nSPS) is 13.2. The molecule has 7 aromatic rings. The molecule has 3 heterocycles. The second kappa shape index (κ2) is 12.0. The Kier molecular flexibility index (Phi) is 7.02. The summed E-state index contributed by atoms with van der Waals surface area (Å²) in [5.74, 6) is 1.79. The van der Waals surface area contributed by atoms with Gasteiger partial charge in [-0.15, -0.1) is 0 Å². The monoisotopic (exact) mass is 630 g/mol. The van der Waals surface area contributed by atoms with Crippen molar-refractivity contribution >= 4 is 30.0 Å². The minimum absolute atomic E-state index is 0.574. The van der Waals surface area contributed by atoms with Crippen LogP contribution in [0.1, 0.15) is 31.2 Å². The third-order valence-corrected chi connectivity index (χ3v) is 9.26. The van der Waals surface area contributed by atoms with Gasteiger partial charge in [-0.1, -0.05) is 97.1 Å². The molecule has 0 fully saturated rings. The first-order valence-electron chi connectivity index (χ1n) is 16.7. The zero-order valence-electron chi connectivity index (χ0n) is 26.7. The summed E-state index contributed by atoms with van der Waals surface area (Å²) in [6, 6.07) is 38.9. The highest BCUT2D eigenvalue weighted by Crippen LogP contribution is 2.34. The number of nitriles is 1. The summed E-state index contributed by atoms with van der Waals surface area (Å²) in [5, 5.41) is 14.4. The molecule has 0 bridgehead atoms. The second-order valence-electron chi connectivity index (χ2n) is 12.4. The zero-order chi connectivity index (χ0) is 32.7. The van der Waals surface area contributed by atoms with Gasteiger partial charge in [0.15, 0.2) is 17.5 Å². The van der Waals surface area contributed by atoms with Gasteiger partial charge in [-0.05, 0) is 84.0 Å². The molecule has 0 unspecified atom stereocenters. The molecule has 0 atom stereocenters. The second-order valence-corrected chi connectivity index (χ2v) is 12.4. The van der Waals surface area contributed by atoms with Gasteiger partial charge in [-0.3, -0.25) is 4.40 Å². The molecule has 2 aliphatic rings. The Bertz CT molecular complexity index is 2660. The molecular weight excluding hydrogens is 601 g/mol. The Labute approximate surface area is 283 Å². The molecule has 0 radical (unpaired) electrons. The van der Waals surface area contributed by atoms with Crippen molar-refractivity contribution in [3.63, 3.8) is 0 Å². The summed E-state index contributed by atoms with van der Waals surface area (Å²) in [7, 11) is 0. The van der Waals surface area contributed by atoms with Crippen molar-refractivity contribution in [2.24, 2.45) is 0 Å². The molecule has 2 aliphatic carbocycles. The van der Waals surface area contributed by atoms with E-state index in [1.165, 1.54) is 15.9 Å². The molecule has 9 rings (SSSR count). The van der Waals surface area contributed by atoms with Crippen LogP contribution in [-0.2, 0) is 0 Å². The van der Waals surface area contributed by atoms with Crippen LogP contribution < -0.4 is 21.3 Å². The fourth-order valence-corrected chi connectivity index (χ4v) is 6.91. The van der Waals surface area contributed by atoms with Crippen LogP contribution in [0.3, 0.4) is 0 Å². The van der Waals surface area contributed by atoms with E-state index in [4.69, 9.17) is 19.9 Å². The SMILES string of the molecule is N#Cc1cccc(-c2cc(-c3nc(-c4ccccc4)nc(-c4ccccc4)n3)cc(-c3cc4c(n5c6c(nc35)=CCCC=6)=CCCC=4)c2)c1. The Morgan fingerprint density at radius 2 is 1.08 bits per heavy atom. The van der Waals surface area contributed by atoms with E-state index in [9.17, 15) is 5.26 Å². The number of nitrogens with zero attached hydrogens (tertiary/aromatic N) is 6. The molecule has 0 spiro atoms. The van der Waals surface area contributed by atoms with Crippen molar-refractivity contribution in [2.75, 3.05) is 0 Å². The van der Waals surface area contributed by atoms with E-state index in [2.05, 4.69) is 59.0 Å². The number of benzene rings is 4. The van der Waals surface area contributed by atoms with E-state index in [1.54, 1.807) is 0 Å². The molecule has 6 nitrogen and oxygen atoms in total. The maximum Gasteiger partial charge on any atom is 0.164 e. The third kappa shape index (κ3) is 5.22. The molecule has 6 heteroatoms. The smallest absolute Gasteiger partial charge is 0.164 e. The fourth-order valence-electron chi connectivity index (χ4n) is 6.91. The van der Waals surface area contributed by atoms with Gasteiger partial charge in [0.05, 0.1) is 27.7 Å². The average molecular weight is 631 g/mol. The fraction of sp³-hybridized carbons (Fsp3) is 0.0930. The lowest BCUT2D eigenvalue weighted by Crippen LogP contribution is -2.41. The molecule has 0 saturated carbocycles. The first-order valence-corrected chi connectivity index (χ1v) is 16.7. The Morgan fingerprint density at radius 3 is 1.80 bits per heavy atom. The van der Waals surface area contributed by atoms with Gasteiger partial charge in [-0.2, -0.15) is 5.26 Å². The standard InChI is InChI=1S/C43H30N6/c44-27-28-12-11-18-31(22-28)33-23-34(36-26-32-17-7-9-20-38(32)49-39-21-10-8-19-37(39)45-43(36)49)25-35(24-33)42-47-40(29-13-3-1-4-14-29)46-41(48-42)30-15-5-2-6-16-30/h1-6,11-26H,7-10H2. The molecule has 4 aromatic carbocycles. The Hall–Kier alpha value is -6.45. The van der Waals surface area contributed by atoms with E-state index >= 15 is 0 Å². The van der Waals surface area contributed by atoms with E-state index in [1.807, 2.05) is 84.9 Å². The van der Waals surface area contributed by atoms with Gasteiger partial charge in [0.1, 0.15) is 5.65 Å². The predicted octanol–water partition coefficient (Wildman–Crippen LogP) is 6.44. The van der Waals surface area contributed by atoms with Crippen molar-refractivity contribution < 1.29 is 0 Å². The van der Waals surface area contributed by atoms with Crippen molar-refractivity contribution in [3.8, 4) is 62.5 Å². The number of hydrogen-bond donors (Lipinski definition) is 0. The number of aromatic nitrogens is 5. The van der Waals surface area contributed by atoms with E-state index in [-0.39, 0.29) is 0 Å². The van der Waals surface area contributed by atoms with Gasteiger partial charge in [0, 0.05) is 22.3 Å². The van der Waals surface area contributed by atoms with Crippen molar-refractivity contribution in [2.45, 2.75) is 25.7 Å². The third-order valence-electron chi connectivity index (χ3n) is 9.26. The summed E-state index contributed by atoms with van der Waals surface area (Å²) >= 11 is 0. The number of pyridine rings is 1. The molecule has 0 saturated heterocycles. The topological polar surface area (TPSA) is 79.8 Å².